The molecule has 1 unspecified atom stereocenters. The summed E-state index contributed by atoms with van der Waals surface area (Å²) in [5.74, 6) is -0.920. The van der Waals surface area contributed by atoms with E-state index in [9.17, 15) is 14.4 Å². The van der Waals surface area contributed by atoms with E-state index in [1.807, 2.05) is 0 Å². The molecule has 6 nitrogen and oxygen atoms in total. The van der Waals surface area contributed by atoms with Gasteiger partial charge in [-0.2, -0.15) is 0 Å². The second-order valence-corrected chi connectivity index (χ2v) is 21.3. The first kappa shape index (κ1) is 74.5. The van der Waals surface area contributed by atoms with Crippen molar-refractivity contribution in [3.8, 4) is 0 Å². The molecule has 0 aliphatic carbocycles. The Morgan fingerprint density at radius 3 is 0.785 bits per heavy atom. The first-order valence-corrected chi connectivity index (χ1v) is 32.7. The molecule has 0 aromatic rings. The second-order valence-electron chi connectivity index (χ2n) is 21.3. The molecule has 0 saturated heterocycles. The van der Waals surface area contributed by atoms with Crippen LogP contribution < -0.4 is 0 Å². The molecular weight excluding hydrogens is 973 g/mol. The lowest BCUT2D eigenvalue weighted by Crippen LogP contribution is -2.30. The van der Waals surface area contributed by atoms with Gasteiger partial charge in [0.05, 0.1) is 0 Å². The van der Waals surface area contributed by atoms with E-state index in [0.29, 0.717) is 19.3 Å². The van der Waals surface area contributed by atoms with E-state index < -0.39 is 6.10 Å². The summed E-state index contributed by atoms with van der Waals surface area (Å²) in [7, 11) is 0. The molecule has 448 valence electrons. The number of carbonyl (C=O) groups excluding carboxylic acids is 3. The SMILES string of the molecule is CC/C=C\C/C=C\C/C=C\C/C=C\C/C=C\CCCCCCCCCCCCCC(=O)OCC(COC(=O)CCCCCCC/C=C\CCCCCC)OC(=O)CCCCCCC/C=C\C/C=C\C/C=C\C/C=C\C/C=C\CC. The van der Waals surface area contributed by atoms with Crippen LogP contribution in [0.4, 0.5) is 0 Å². The van der Waals surface area contributed by atoms with Crippen molar-refractivity contribution in [1.82, 2.24) is 0 Å². The highest BCUT2D eigenvalue weighted by Crippen LogP contribution is 2.15. The van der Waals surface area contributed by atoms with Crippen molar-refractivity contribution in [2.75, 3.05) is 13.2 Å². The number of unbranched alkanes of at least 4 members (excludes halogenated alkanes) is 25. The van der Waals surface area contributed by atoms with Gasteiger partial charge in [0.25, 0.3) is 0 Å². The summed E-state index contributed by atoms with van der Waals surface area (Å²) in [4.78, 5) is 38.3. The number of esters is 3. The molecule has 0 amide bonds. The van der Waals surface area contributed by atoms with Crippen LogP contribution in [-0.2, 0) is 28.6 Å². The van der Waals surface area contributed by atoms with Gasteiger partial charge < -0.3 is 14.2 Å². The van der Waals surface area contributed by atoms with Gasteiger partial charge >= 0.3 is 17.9 Å². The third-order valence-electron chi connectivity index (χ3n) is 13.6. The molecule has 1 atom stereocenters. The normalized spacial score (nSPS) is 13.0. The summed E-state index contributed by atoms with van der Waals surface area (Å²) in [6.45, 7) is 6.38. The van der Waals surface area contributed by atoms with Crippen LogP contribution in [0.5, 0.6) is 0 Å². The monoisotopic (exact) mass is 1090 g/mol. The Labute approximate surface area is 487 Å². The molecule has 0 aliphatic rings. The fourth-order valence-electron chi connectivity index (χ4n) is 8.79. The molecule has 0 radical (unpaired) electrons. The topological polar surface area (TPSA) is 78.9 Å². The highest BCUT2D eigenvalue weighted by atomic mass is 16.6. The molecule has 0 bridgehead atoms. The molecular formula is C73H120O6. The lowest BCUT2D eigenvalue weighted by atomic mass is 10.0. The molecule has 0 aliphatic heterocycles. The average molecular weight is 1090 g/mol. The molecule has 0 aromatic heterocycles. The fourth-order valence-corrected chi connectivity index (χ4v) is 8.79. The Hall–Kier alpha value is -4.45. The first-order valence-electron chi connectivity index (χ1n) is 32.7. The summed E-state index contributed by atoms with van der Waals surface area (Å²) in [5, 5.41) is 0. The summed E-state index contributed by atoms with van der Waals surface area (Å²) < 4.78 is 16.9. The van der Waals surface area contributed by atoms with E-state index in [1.165, 1.54) is 103 Å². The summed E-state index contributed by atoms with van der Waals surface area (Å²) in [6.07, 6.45) is 93.1. The van der Waals surface area contributed by atoms with Gasteiger partial charge in [-0.25, -0.2) is 0 Å². The Balaban J connectivity index is 4.37. The fraction of sp³-hybridized carbons (Fsp3) is 0.658. The minimum atomic E-state index is -0.799. The van der Waals surface area contributed by atoms with Gasteiger partial charge in [0.2, 0.25) is 0 Å². The molecule has 0 spiro atoms. The second kappa shape index (κ2) is 66.1. The highest BCUT2D eigenvalue weighted by molar-refractivity contribution is 5.71. The van der Waals surface area contributed by atoms with Gasteiger partial charge in [-0.15, -0.1) is 0 Å². The minimum absolute atomic E-state index is 0.0930. The number of rotatable bonds is 58. The van der Waals surface area contributed by atoms with E-state index in [4.69, 9.17) is 14.2 Å². The maximum Gasteiger partial charge on any atom is 0.306 e. The number of allylic oxidation sites excluding steroid dienone is 22. The first-order chi connectivity index (χ1) is 39.0. The number of carbonyl (C=O) groups is 3. The van der Waals surface area contributed by atoms with E-state index in [2.05, 4.69) is 154 Å². The van der Waals surface area contributed by atoms with Crippen molar-refractivity contribution in [1.29, 1.82) is 0 Å². The number of ether oxygens (including phenoxy) is 3. The average Bonchev–Trinajstić information content (AvgIpc) is 3.45. The minimum Gasteiger partial charge on any atom is -0.462 e. The van der Waals surface area contributed by atoms with Crippen LogP contribution in [0.15, 0.2) is 134 Å². The Morgan fingerprint density at radius 1 is 0.266 bits per heavy atom. The van der Waals surface area contributed by atoms with Gasteiger partial charge in [0, 0.05) is 19.3 Å². The van der Waals surface area contributed by atoms with Gasteiger partial charge in [-0.3, -0.25) is 14.4 Å². The third-order valence-corrected chi connectivity index (χ3v) is 13.6. The largest absolute Gasteiger partial charge is 0.462 e. The van der Waals surface area contributed by atoms with Crippen molar-refractivity contribution >= 4 is 17.9 Å². The lowest BCUT2D eigenvalue weighted by molar-refractivity contribution is -0.167. The van der Waals surface area contributed by atoms with E-state index in [-0.39, 0.29) is 31.1 Å². The van der Waals surface area contributed by atoms with Crippen LogP contribution in [0, 0.1) is 0 Å². The van der Waals surface area contributed by atoms with Crippen LogP contribution in [0.2, 0.25) is 0 Å². The number of hydrogen-bond donors (Lipinski definition) is 0. The van der Waals surface area contributed by atoms with Gasteiger partial charge in [-0.1, -0.05) is 270 Å². The molecule has 0 saturated carbocycles. The van der Waals surface area contributed by atoms with E-state index in [0.717, 1.165) is 148 Å². The molecule has 0 rings (SSSR count). The molecule has 0 fully saturated rings. The van der Waals surface area contributed by atoms with Crippen LogP contribution in [0.1, 0.15) is 290 Å². The zero-order chi connectivity index (χ0) is 57.1. The van der Waals surface area contributed by atoms with Crippen molar-refractivity contribution in [2.24, 2.45) is 0 Å². The highest BCUT2D eigenvalue weighted by Gasteiger charge is 2.19. The zero-order valence-corrected chi connectivity index (χ0v) is 51.3. The quantitative estimate of drug-likeness (QED) is 0.0261. The van der Waals surface area contributed by atoms with E-state index in [1.54, 1.807) is 0 Å². The van der Waals surface area contributed by atoms with Crippen LogP contribution in [0.25, 0.3) is 0 Å². The standard InChI is InChI=1S/C73H120O6/c1-4-7-10-13-16-19-22-25-27-29-31-33-34-35-36-37-38-40-41-43-45-48-51-54-57-60-63-66-72(75)78-69-70(68-77-71(74)65-62-59-56-53-50-47-24-21-18-15-12-9-6-3)79-73(76)67-64-61-58-55-52-49-46-44-42-39-32-30-28-26-23-20-17-14-11-8-5-2/h7-8,10-11,16-17,19-21,24-28,31-33,35-36,39,44,46,70H,4-6,9,12-15,18,22-23,29-30,34,37-38,40-43,45,47-69H2,1-3H3/b10-7-,11-8-,19-16-,20-17-,24-21-,27-25-,28-26-,33-31-,36-35-,39-32-,46-44-. The zero-order valence-electron chi connectivity index (χ0n) is 51.3. The Kier molecular flexibility index (Phi) is 62.3. The third kappa shape index (κ3) is 64.3. The summed E-state index contributed by atoms with van der Waals surface area (Å²) >= 11 is 0. The molecule has 6 heteroatoms. The van der Waals surface area contributed by atoms with Crippen molar-refractivity contribution in [2.45, 2.75) is 297 Å². The molecule has 0 heterocycles. The van der Waals surface area contributed by atoms with Gasteiger partial charge in [-0.05, 0) is 135 Å². The molecule has 79 heavy (non-hydrogen) atoms. The van der Waals surface area contributed by atoms with E-state index >= 15 is 0 Å². The summed E-state index contributed by atoms with van der Waals surface area (Å²) in [6, 6.07) is 0. The van der Waals surface area contributed by atoms with Crippen LogP contribution in [-0.4, -0.2) is 37.2 Å². The molecule has 0 aromatic carbocycles. The lowest BCUT2D eigenvalue weighted by Gasteiger charge is -2.18. The maximum atomic E-state index is 12.9. The van der Waals surface area contributed by atoms with Crippen molar-refractivity contribution in [3.05, 3.63) is 134 Å². The Morgan fingerprint density at radius 2 is 0.494 bits per heavy atom. The smallest absolute Gasteiger partial charge is 0.306 e. The number of hydrogen-bond acceptors (Lipinski definition) is 6. The van der Waals surface area contributed by atoms with Crippen molar-refractivity contribution in [3.63, 3.8) is 0 Å². The van der Waals surface area contributed by atoms with Crippen molar-refractivity contribution < 1.29 is 28.6 Å². The van der Waals surface area contributed by atoms with Crippen LogP contribution in [0.3, 0.4) is 0 Å². The predicted molar refractivity (Wildman–Crippen MR) is 343 cm³/mol. The van der Waals surface area contributed by atoms with Gasteiger partial charge in [0.15, 0.2) is 6.10 Å². The Bertz CT molecular complexity index is 1680. The predicted octanol–water partition coefficient (Wildman–Crippen LogP) is 22.5. The summed E-state index contributed by atoms with van der Waals surface area (Å²) in [5.41, 5.74) is 0. The maximum absolute atomic E-state index is 12.9. The molecule has 0 N–H and O–H groups in total. The van der Waals surface area contributed by atoms with Crippen LogP contribution >= 0.6 is 0 Å². The van der Waals surface area contributed by atoms with Gasteiger partial charge in [0.1, 0.15) is 13.2 Å².